The fraction of sp³-hybridized carbons (Fsp3) is 0.333. The zero-order chi connectivity index (χ0) is 28.1. The number of imidazole rings is 1. The first-order chi connectivity index (χ1) is 19.1. The molecule has 2 aromatic carbocycles. The van der Waals surface area contributed by atoms with Crippen molar-refractivity contribution < 1.29 is 27.8 Å². The third-order valence-electron chi connectivity index (χ3n) is 7.33. The van der Waals surface area contributed by atoms with Gasteiger partial charge in [0.25, 0.3) is 0 Å². The lowest BCUT2D eigenvalue weighted by Gasteiger charge is -2.26. The standard InChI is InChI=1S/C27H27FN6O5S/c28-19-13-18(8-7-17(19)12-23(35)36)30-25-24-21(5-3-11-40(24,38)39)31-26(32-25)33-10-9-27(37,14-33)15-34-16-29-20-4-1-2-6-22(20)34/h1-2,4,6-8,13,16,37H,3,5,9-12,14-15H2,(H,35,36)(H,30,31,32). The van der Waals surface area contributed by atoms with Gasteiger partial charge in [-0.15, -0.1) is 0 Å². The molecule has 40 heavy (non-hydrogen) atoms. The van der Waals surface area contributed by atoms with E-state index in [4.69, 9.17) is 5.11 Å². The molecule has 0 saturated carbocycles. The zero-order valence-electron chi connectivity index (χ0n) is 21.4. The van der Waals surface area contributed by atoms with Crippen LogP contribution in [-0.2, 0) is 34.0 Å². The van der Waals surface area contributed by atoms with E-state index >= 15 is 0 Å². The molecule has 4 aromatic rings. The Bertz CT molecular complexity index is 1740. The fourth-order valence-corrected chi connectivity index (χ4v) is 7.04. The summed E-state index contributed by atoms with van der Waals surface area (Å²) in [5.74, 6) is -1.64. The van der Waals surface area contributed by atoms with Gasteiger partial charge in [0.2, 0.25) is 5.95 Å². The molecule has 2 aliphatic heterocycles. The number of aryl methyl sites for hydroxylation is 1. The van der Waals surface area contributed by atoms with E-state index in [9.17, 15) is 22.7 Å². The molecule has 3 N–H and O–H groups in total. The monoisotopic (exact) mass is 566 g/mol. The minimum atomic E-state index is -3.68. The average Bonchev–Trinajstić information content (AvgIpc) is 3.49. The Kier molecular flexibility index (Phi) is 6.42. The van der Waals surface area contributed by atoms with Crippen molar-refractivity contribution in [2.45, 2.75) is 42.7 Å². The topological polar surface area (TPSA) is 151 Å². The van der Waals surface area contributed by atoms with Gasteiger partial charge in [-0.05, 0) is 49.1 Å². The molecule has 1 atom stereocenters. The molecule has 1 fully saturated rings. The van der Waals surface area contributed by atoms with Crippen LogP contribution >= 0.6 is 0 Å². The molecule has 2 aliphatic rings. The summed E-state index contributed by atoms with van der Waals surface area (Å²) in [6, 6.07) is 11.6. The number of aliphatic hydroxyl groups is 1. The van der Waals surface area contributed by atoms with Crippen molar-refractivity contribution in [1.29, 1.82) is 0 Å². The van der Waals surface area contributed by atoms with Crippen LogP contribution in [0.15, 0.2) is 53.7 Å². The minimum absolute atomic E-state index is 0.0121. The van der Waals surface area contributed by atoms with Crippen LogP contribution in [-0.4, -0.2) is 68.6 Å². The van der Waals surface area contributed by atoms with Crippen LogP contribution in [0, 0.1) is 5.82 Å². The predicted molar refractivity (Wildman–Crippen MR) is 145 cm³/mol. The number of carboxylic acid groups (broad SMARTS) is 1. The number of anilines is 3. The van der Waals surface area contributed by atoms with Gasteiger partial charge in [0.1, 0.15) is 16.3 Å². The quantitative estimate of drug-likeness (QED) is 0.305. The van der Waals surface area contributed by atoms with E-state index < -0.39 is 33.6 Å². The number of para-hydroxylation sites is 2. The Morgan fingerprint density at radius 3 is 2.80 bits per heavy atom. The molecule has 1 saturated heterocycles. The number of benzene rings is 2. The van der Waals surface area contributed by atoms with Gasteiger partial charge in [-0.3, -0.25) is 4.79 Å². The van der Waals surface area contributed by atoms with Gasteiger partial charge in [-0.25, -0.2) is 22.8 Å². The molecule has 208 valence electrons. The maximum absolute atomic E-state index is 14.6. The Morgan fingerprint density at radius 2 is 2.00 bits per heavy atom. The van der Waals surface area contributed by atoms with E-state index in [0.717, 1.165) is 17.1 Å². The van der Waals surface area contributed by atoms with Gasteiger partial charge in [0.15, 0.2) is 15.7 Å². The first-order valence-electron chi connectivity index (χ1n) is 12.9. The smallest absolute Gasteiger partial charge is 0.307 e. The molecule has 13 heteroatoms. The predicted octanol–water partition coefficient (Wildman–Crippen LogP) is 2.70. The van der Waals surface area contributed by atoms with Crippen LogP contribution in [0.4, 0.5) is 21.8 Å². The van der Waals surface area contributed by atoms with Crippen LogP contribution in [0.25, 0.3) is 11.0 Å². The molecule has 4 heterocycles. The second kappa shape index (κ2) is 9.82. The maximum atomic E-state index is 14.6. The van der Waals surface area contributed by atoms with Gasteiger partial charge < -0.3 is 25.0 Å². The second-order valence-electron chi connectivity index (χ2n) is 10.3. The first kappa shape index (κ1) is 26.1. The van der Waals surface area contributed by atoms with Crippen LogP contribution < -0.4 is 10.2 Å². The van der Waals surface area contributed by atoms with Crippen LogP contribution in [0.2, 0.25) is 0 Å². The zero-order valence-corrected chi connectivity index (χ0v) is 22.2. The summed E-state index contributed by atoms with van der Waals surface area (Å²) < 4.78 is 42.5. The highest BCUT2D eigenvalue weighted by molar-refractivity contribution is 7.91. The fourth-order valence-electron chi connectivity index (χ4n) is 5.42. The Morgan fingerprint density at radius 1 is 1.18 bits per heavy atom. The van der Waals surface area contributed by atoms with E-state index in [0.29, 0.717) is 38.0 Å². The van der Waals surface area contributed by atoms with Crippen LogP contribution in [0.1, 0.15) is 24.1 Å². The largest absolute Gasteiger partial charge is 0.481 e. The highest BCUT2D eigenvalue weighted by atomic mass is 32.2. The highest BCUT2D eigenvalue weighted by Crippen LogP contribution is 2.35. The molecule has 6 rings (SSSR count). The third kappa shape index (κ3) is 4.97. The van der Waals surface area contributed by atoms with Gasteiger partial charge in [-0.2, -0.15) is 4.98 Å². The number of nitrogens with zero attached hydrogens (tertiary/aromatic N) is 5. The van der Waals surface area contributed by atoms with Gasteiger partial charge in [0, 0.05) is 12.2 Å². The molecule has 0 spiro atoms. The average molecular weight is 567 g/mol. The van der Waals surface area contributed by atoms with Crippen molar-refractivity contribution in [3.05, 3.63) is 65.9 Å². The van der Waals surface area contributed by atoms with Gasteiger partial charge >= 0.3 is 5.97 Å². The highest BCUT2D eigenvalue weighted by Gasteiger charge is 2.39. The minimum Gasteiger partial charge on any atom is -0.481 e. The Labute approximate surface area is 229 Å². The number of hydrogen-bond donors (Lipinski definition) is 3. The van der Waals surface area contributed by atoms with Crippen molar-refractivity contribution in [2.24, 2.45) is 0 Å². The van der Waals surface area contributed by atoms with Crippen molar-refractivity contribution >= 4 is 44.3 Å². The normalized spacial score (nSPS) is 20.0. The summed E-state index contributed by atoms with van der Waals surface area (Å²) in [5, 5.41) is 23.4. The van der Waals surface area contributed by atoms with Crippen LogP contribution in [0.3, 0.4) is 0 Å². The number of sulfone groups is 1. The van der Waals surface area contributed by atoms with Crippen molar-refractivity contribution in [3.8, 4) is 0 Å². The molecule has 0 bridgehead atoms. The molecule has 0 amide bonds. The number of nitrogens with one attached hydrogen (secondary N) is 1. The summed E-state index contributed by atoms with van der Waals surface area (Å²) >= 11 is 0. The summed E-state index contributed by atoms with van der Waals surface area (Å²) in [6.45, 7) is 0.992. The summed E-state index contributed by atoms with van der Waals surface area (Å²) in [5.41, 5.74) is 1.27. The second-order valence-corrected chi connectivity index (χ2v) is 12.4. The number of carboxylic acids is 1. The van der Waals surface area contributed by atoms with Crippen molar-refractivity contribution in [1.82, 2.24) is 19.5 Å². The number of hydrogen-bond acceptors (Lipinski definition) is 9. The van der Waals surface area contributed by atoms with Gasteiger partial charge in [0.05, 0.1) is 48.3 Å². The number of fused-ring (bicyclic) bond motifs is 2. The number of rotatable bonds is 7. The number of aliphatic carboxylic acids is 1. The third-order valence-corrected chi connectivity index (χ3v) is 9.20. The van der Waals surface area contributed by atoms with E-state index in [2.05, 4.69) is 20.3 Å². The Hall–Kier alpha value is -4.10. The molecular formula is C27H27FN6O5S. The maximum Gasteiger partial charge on any atom is 0.307 e. The van der Waals surface area contributed by atoms with Crippen molar-refractivity contribution in [3.63, 3.8) is 0 Å². The molecule has 1 unspecified atom stereocenters. The number of halogens is 1. The molecule has 11 nitrogen and oxygen atoms in total. The molecular weight excluding hydrogens is 539 g/mol. The lowest BCUT2D eigenvalue weighted by atomic mass is 10.0. The molecule has 2 aromatic heterocycles. The lowest BCUT2D eigenvalue weighted by Crippen LogP contribution is -2.38. The van der Waals surface area contributed by atoms with E-state index in [1.165, 1.54) is 12.1 Å². The number of carbonyl (C=O) groups is 1. The molecule has 0 radical (unpaired) electrons. The SMILES string of the molecule is O=C(O)Cc1ccc(Nc2nc(N3CCC(O)(Cn4cnc5ccccc54)C3)nc3c2S(=O)(=O)CCC3)cc1F. The van der Waals surface area contributed by atoms with E-state index in [1.807, 2.05) is 33.7 Å². The first-order valence-corrected chi connectivity index (χ1v) is 14.5. The summed E-state index contributed by atoms with van der Waals surface area (Å²) in [7, 11) is -3.68. The number of β-amino-alcohol motifs (C(OH)–C–C–N with tert-alkyl or cyclic N) is 1. The lowest BCUT2D eigenvalue weighted by molar-refractivity contribution is -0.136. The van der Waals surface area contributed by atoms with Crippen molar-refractivity contribution in [2.75, 3.05) is 29.1 Å². The summed E-state index contributed by atoms with van der Waals surface area (Å²) in [4.78, 5) is 26.3. The Balaban J connectivity index is 1.31. The summed E-state index contributed by atoms with van der Waals surface area (Å²) in [6.07, 6.45) is 2.52. The van der Waals surface area contributed by atoms with E-state index in [1.54, 1.807) is 6.33 Å². The van der Waals surface area contributed by atoms with E-state index in [-0.39, 0.29) is 40.2 Å². The van der Waals surface area contributed by atoms with Crippen LogP contribution in [0.5, 0.6) is 0 Å². The number of aromatic nitrogens is 4. The van der Waals surface area contributed by atoms with Gasteiger partial charge in [-0.1, -0.05) is 18.2 Å². The molecule has 0 aliphatic carbocycles.